The van der Waals surface area contributed by atoms with E-state index in [1.807, 2.05) is 24.7 Å². The van der Waals surface area contributed by atoms with Crippen molar-refractivity contribution in [3.8, 4) is 0 Å². The molecule has 6 heteroatoms. The van der Waals surface area contributed by atoms with Gasteiger partial charge in [-0.05, 0) is 6.42 Å². The summed E-state index contributed by atoms with van der Waals surface area (Å²) < 4.78 is 0. The molecule has 2 rings (SSSR count). The number of aliphatic hydroxyl groups is 1. The van der Waals surface area contributed by atoms with Crippen LogP contribution in [0.3, 0.4) is 0 Å². The van der Waals surface area contributed by atoms with E-state index in [9.17, 15) is 9.90 Å². The number of β-amino-alcohol motifs (C(OH)–C–C–N with tert-alkyl or cyclic N) is 1. The first kappa shape index (κ1) is 14.4. The number of hydrogen-bond acceptors (Lipinski definition) is 5. The van der Waals surface area contributed by atoms with Crippen molar-refractivity contribution in [2.75, 3.05) is 13.1 Å². The second kappa shape index (κ2) is 6.45. The molecule has 2 atom stereocenters. The molecule has 1 amide bonds. The van der Waals surface area contributed by atoms with E-state index in [4.69, 9.17) is 0 Å². The Morgan fingerprint density at radius 3 is 3.05 bits per heavy atom. The number of hydrogen-bond donors (Lipinski definition) is 2. The summed E-state index contributed by atoms with van der Waals surface area (Å²) in [6.45, 7) is 5.95. The zero-order chi connectivity index (χ0) is 13.8. The first-order valence-corrected chi connectivity index (χ1v) is 7.58. The number of carbonyl (C=O) groups is 1. The van der Waals surface area contributed by atoms with Crippen molar-refractivity contribution in [2.45, 2.75) is 39.0 Å². The summed E-state index contributed by atoms with van der Waals surface area (Å²) in [5.74, 6) is -0.0303. The molecule has 1 aromatic rings. The van der Waals surface area contributed by atoms with Crippen molar-refractivity contribution in [1.29, 1.82) is 0 Å². The highest BCUT2D eigenvalue weighted by Gasteiger charge is 2.29. The van der Waals surface area contributed by atoms with Gasteiger partial charge in [0.25, 0.3) is 0 Å². The van der Waals surface area contributed by atoms with Crippen molar-refractivity contribution in [3.63, 3.8) is 0 Å². The average Bonchev–Trinajstić information content (AvgIpc) is 2.85. The minimum absolute atomic E-state index is 0.0111. The van der Waals surface area contributed by atoms with E-state index < -0.39 is 6.10 Å². The molecule has 1 aliphatic rings. The van der Waals surface area contributed by atoms with Crippen molar-refractivity contribution in [2.24, 2.45) is 5.92 Å². The SMILES string of the molecule is CC(C)C(=O)N[C@@H]1CCN(Cc2cscn2)C[C@H]1O. The highest BCUT2D eigenvalue weighted by molar-refractivity contribution is 7.07. The summed E-state index contributed by atoms with van der Waals surface area (Å²) in [5, 5.41) is 15.1. The number of carbonyl (C=O) groups excluding carboxylic acids is 1. The molecule has 1 aromatic heterocycles. The zero-order valence-corrected chi connectivity index (χ0v) is 12.2. The number of thiazole rings is 1. The number of nitrogens with one attached hydrogen (secondary N) is 1. The Hall–Kier alpha value is -0.980. The molecular weight excluding hydrogens is 262 g/mol. The fourth-order valence-corrected chi connectivity index (χ4v) is 2.75. The lowest BCUT2D eigenvalue weighted by Crippen LogP contribution is -2.54. The maximum atomic E-state index is 11.6. The standard InChI is InChI=1S/C13H21N3O2S/c1-9(2)13(18)15-11-3-4-16(6-12(11)17)5-10-7-19-8-14-10/h7-9,11-12,17H,3-6H2,1-2H3,(H,15,18)/t11-,12-/m1/s1. The topological polar surface area (TPSA) is 65.5 Å². The minimum atomic E-state index is -0.505. The molecule has 0 aromatic carbocycles. The number of aliphatic hydroxyl groups excluding tert-OH is 1. The van der Waals surface area contributed by atoms with E-state index in [0.29, 0.717) is 6.54 Å². The van der Waals surface area contributed by atoms with Gasteiger partial charge in [-0.3, -0.25) is 9.69 Å². The fourth-order valence-electron chi connectivity index (χ4n) is 2.20. The molecule has 0 aliphatic carbocycles. The third-order valence-corrected chi connectivity index (χ3v) is 4.02. The van der Waals surface area contributed by atoms with E-state index in [0.717, 1.165) is 25.2 Å². The Kier molecular flexibility index (Phi) is 4.90. The third-order valence-electron chi connectivity index (χ3n) is 3.39. The van der Waals surface area contributed by atoms with Crippen LogP contribution in [-0.2, 0) is 11.3 Å². The molecule has 0 radical (unpaired) electrons. The number of amides is 1. The quantitative estimate of drug-likeness (QED) is 0.860. The smallest absolute Gasteiger partial charge is 0.222 e. The van der Waals surface area contributed by atoms with Gasteiger partial charge >= 0.3 is 0 Å². The van der Waals surface area contributed by atoms with Crippen LogP contribution in [0.15, 0.2) is 10.9 Å². The summed E-state index contributed by atoms with van der Waals surface area (Å²) in [6.07, 6.45) is 0.277. The van der Waals surface area contributed by atoms with Gasteiger partial charge in [0.05, 0.1) is 23.4 Å². The molecule has 19 heavy (non-hydrogen) atoms. The monoisotopic (exact) mass is 283 g/mol. The Balaban J connectivity index is 1.82. The first-order chi connectivity index (χ1) is 9.06. The summed E-state index contributed by atoms with van der Waals surface area (Å²) in [6, 6.07) is -0.124. The highest BCUT2D eigenvalue weighted by atomic mass is 32.1. The van der Waals surface area contributed by atoms with Gasteiger partial charge in [0, 0.05) is 30.9 Å². The number of rotatable bonds is 4. The van der Waals surface area contributed by atoms with Gasteiger partial charge in [-0.2, -0.15) is 0 Å². The van der Waals surface area contributed by atoms with Gasteiger partial charge in [-0.25, -0.2) is 4.98 Å². The van der Waals surface area contributed by atoms with Crippen LogP contribution in [0.1, 0.15) is 26.0 Å². The summed E-state index contributed by atoms with van der Waals surface area (Å²) in [4.78, 5) is 18.1. The molecule has 0 saturated carbocycles. The lowest BCUT2D eigenvalue weighted by atomic mass is 10.0. The molecule has 5 nitrogen and oxygen atoms in total. The van der Waals surface area contributed by atoms with E-state index in [-0.39, 0.29) is 17.9 Å². The third kappa shape index (κ3) is 3.99. The van der Waals surface area contributed by atoms with Crippen LogP contribution in [0.5, 0.6) is 0 Å². The van der Waals surface area contributed by atoms with E-state index in [1.54, 1.807) is 11.3 Å². The van der Waals surface area contributed by atoms with E-state index >= 15 is 0 Å². The maximum absolute atomic E-state index is 11.6. The van der Waals surface area contributed by atoms with Crippen LogP contribution in [-0.4, -0.2) is 46.1 Å². The minimum Gasteiger partial charge on any atom is -0.390 e. The van der Waals surface area contributed by atoms with E-state index in [2.05, 4.69) is 15.2 Å². The van der Waals surface area contributed by atoms with Crippen LogP contribution < -0.4 is 5.32 Å². The number of nitrogens with zero attached hydrogens (tertiary/aromatic N) is 2. The number of likely N-dealkylation sites (tertiary alicyclic amines) is 1. The predicted octanol–water partition coefficient (Wildman–Crippen LogP) is 0.850. The molecule has 2 N–H and O–H groups in total. The lowest BCUT2D eigenvalue weighted by Gasteiger charge is -2.36. The molecule has 106 valence electrons. The Labute approximate surface area is 117 Å². The van der Waals surface area contributed by atoms with Gasteiger partial charge in [-0.1, -0.05) is 13.8 Å². The van der Waals surface area contributed by atoms with E-state index in [1.165, 1.54) is 0 Å². The number of aromatic nitrogens is 1. The molecule has 0 unspecified atom stereocenters. The van der Waals surface area contributed by atoms with Crippen molar-refractivity contribution < 1.29 is 9.90 Å². The summed E-state index contributed by atoms with van der Waals surface area (Å²) in [7, 11) is 0. The zero-order valence-electron chi connectivity index (χ0n) is 11.4. The molecule has 1 fully saturated rings. The van der Waals surface area contributed by atoms with Crippen LogP contribution in [0, 0.1) is 5.92 Å². The van der Waals surface area contributed by atoms with Crippen LogP contribution in [0.2, 0.25) is 0 Å². The summed E-state index contributed by atoms with van der Waals surface area (Å²) in [5.41, 5.74) is 2.86. The Bertz CT molecular complexity index is 408. The molecule has 0 spiro atoms. The first-order valence-electron chi connectivity index (χ1n) is 6.64. The molecular formula is C13H21N3O2S. The van der Waals surface area contributed by atoms with Gasteiger partial charge in [-0.15, -0.1) is 11.3 Å². The van der Waals surface area contributed by atoms with Gasteiger partial charge in [0.2, 0.25) is 5.91 Å². The second-order valence-corrected chi connectivity index (χ2v) is 6.06. The molecule has 0 bridgehead atoms. The maximum Gasteiger partial charge on any atom is 0.222 e. The Morgan fingerprint density at radius 2 is 2.47 bits per heavy atom. The second-order valence-electron chi connectivity index (χ2n) is 5.34. The van der Waals surface area contributed by atoms with Crippen LogP contribution in [0.4, 0.5) is 0 Å². The number of piperidine rings is 1. The normalized spacial score (nSPS) is 24.6. The van der Waals surface area contributed by atoms with Crippen molar-refractivity contribution in [1.82, 2.24) is 15.2 Å². The van der Waals surface area contributed by atoms with Crippen molar-refractivity contribution in [3.05, 3.63) is 16.6 Å². The van der Waals surface area contributed by atoms with Gasteiger partial charge < -0.3 is 10.4 Å². The lowest BCUT2D eigenvalue weighted by molar-refractivity contribution is -0.126. The van der Waals surface area contributed by atoms with Crippen LogP contribution in [0.25, 0.3) is 0 Å². The molecule has 1 aliphatic heterocycles. The summed E-state index contributed by atoms with van der Waals surface area (Å²) >= 11 is 1.58. The molecule has 1 saturated heterocycles. The molecule has 2 heterocycles. The average molecular weight is 283 g/mol. The van der Waals surface area contributed by atoms with Crippen LogP contribution >= 0.6 is 11.3 Å². The largest absolute Gasteiger partial charge is 0.390 e. The van der Waals surface area contributed by atoms with Gasteiger partial charge in [0.1, 0.15) is 0 Å². The Morgan fingerprint density at radius 1 is 1.68 bits per heavy atom. The highest BCUT2D eigenvalue weighted by Crippen LogP contribution is 2.15. The predicted molar refractivity (Wildman–Crippen MR) is 74.8 cm³/mol. The van der Waals surface area contributed by atoms with Gasteiger partial charge in [0.15, 0.2) is 0 Å². The van der Waals surface area contributed by atoms with Crippen molar-refractivity contribution >= 4 is 17.2 Å². The fraction of sp³-hybridized carbons (Fsp3) is 0.692.